The van der Waals surface area contributed by atoms with Crippen LogP contribution in [0.15, 0.2) is 23.3 Å². The molecule has 0 saturated heterocycles. The fraction of sp³-hybridized carbons (Fsp3) is 0.421. The minimum absolute atomic E-state index is 0.0480. The van der Waals surface area contributed by atoms with E-state index < -0.39 is 0 Å². The third-order valence-corrected chi connectivity index (χ3v) is 6.38. The van der Waals surface area contributed by atoms with E-state index in [9.17, 15) is 9.59 Å². The van der Waals surface area contributed by atoms with E-state index in [2.05, 4.69) is 37.7 Å². The molecule has 0 saturated carbocycles. The van der Waals surface area contributed by atoms with Crippen molar-refractivity contribution >= 4 is 43.9 Å². The largest absolute Gasteiger partial charge is 0.462 e. The minimum atomic E-state index is -0.326. The first kappa shape index (κ1) is 21.1. The van der Waals surface area contributed by atoms with Gasteiger partial charge in [0.15, 0.2) is 0 Å². The van der Waals surface area contributed by atoms with Gasteiger partial charge in [-0.1, -0.05) is 27.7 Å². The number of hydrogen-bond acceptors (Lipinski definition) is 7. The van der Waals surface area contributed by atoms with Gasteiger partial charge in [-0.3, -0.25) is 4.79 Å². The first-order chi connectivity index (χ1) is 12.7. The third-order valence-electron chi connectivity index (χ3n) is 3.77. The smallest absolute Gasteiger partial charge is 0.341 e. The summed E-state index contributed by atoms with van der Waals surface area (Å²) in [6.45, 7) is 10.5. The molecule has 0 aliphatic carbocycles. The topological polar surface area (TPSA) is 98.1 Å². The van der Waals surface area contributed by atoms with E-state index in [1.165, 1.54) is 22.5 Å². The van der Waals surface area contributed by atoms with Gasteiger partial charge in [-0.15, -0.1) is 22.7 Å². The molecular formula is C19H25N3O3S2. The lowest BCUT2D eigenvalue weighted by atomic mass is 10.1. The maximum absolute atomic E-state index is 11.4. The lowest BCUT2D eigenvalue weighted by Gasteiger charge is -1.99. The van der Waals surface area contributed by atoms with Crippen molar-refractivity contribution in [3.8, 4) is 0 Å². The molecule has 3 heterocycles. The number of aromatic amines is 1. The SMILES string of the molecule is CC(C)c1cc2c(=O)[nH]cnc2s1.CCOC(=O)c1cc(C(C)C)sc1N. The van der Waals surface area contributed by atoms with E-state index in [1.807, 2.05) is 12.1 Å². The monoisotopic (exact) mass is 407 g/mol. The molecule has 3 N–H and O–H groups in total. The zero-order valence-electron chi connectivity index (χ0n) is 16.2. The summed E-state index contributed by atoms with van der Waals surface area (Å²) >= 11 is 3.04. The minimum Gasteiger partial charge on any atom is -0.462 e. The number of thiophene rings is 2. The number of nitrogen functional groups attached to an aromatic ring is 1. The number of fused-ring (bicyclic) bond motifs is 1. The van der Waals surface area contributed by atoms with Crippen molar-refractivity contribution in [1.29, 1.82) is 0 Å². The summed E-state index contributed by atoms with van der Waals surface area (Å²) < 4.78 is 4.89. The number of hydrogen-bond donors (Lipinski definition) is 2. The number of carbonyl (C=O) groups excluding carboxylic acids is 1. The first-order valence-corrected chi connectivity index (χ1v) is 10.4. The Hall–Kier alpha value is -2.19. The fourth-order valence-corrected chi connectivity index (χ4v) is 4.17. The van der Waals surface area contributed by atoms with Crippen molar-refractivity contribution in [3.05, 3.63) is 44.1 Å². The molecule has 6 nitrogen and oxygen atoms in total. The van der Waals surface area contributed by atoms with Crippen LogP contribution in [0.5, 0.6) is 0 Å². The molecule has 146 valence electrons. The van der Waals surface area contributed by atoms with E-state index in [4.69, 9.17) is 10.5 Å². The maximum atomic E-state index is 11.4. The Balaban J connectivity index is 0.000000194. The Bertz CT molecular complexity index is 970. The van der Waals surface area contributed by atoms with Crippen molar-refractivity contribution in [3.63, 3.8) is 0 Å². The van der Waals surface area contributed by atoms with Crippen molar-refractivity contribution < 1.29 is 9.53 Å². The van der Waals surface area contributed by atoms with Gasteiger partial charge in [0.1, 0.15) is 9.83 Å². The molecule has 3 aromatic heterocycles. The molecule has 0 fully saturated rings. The number of anilines is 1. The van der Waals surface area contributed by atoms with Gasteiger partial charge < -0.3 is 15.5 Å². The van der Waals surface area contributed by atoms with Crippen molar-refractivity contribution in [2.24, 2.45) is 0 Å². The van der Waals surface area contributed by atoms with Gasteiger partial charge in [-0.25, -0.2) is 9.78 Å². The summed E-state index contributed by atoms with van der Waals surface area (Å²) in [5, 5.41) is 1.25. The first-order valence-electron chi connectivity index (χ1n) is 8.78. The highest BCUT2D eigenvalue weighted by Crippen LogP contribution is 2.30. The van der Waals surface area contributed by atoms with Gasteiger partial charge in [-0.05, 0) is 30.9 Å². The summed E-state index contributed by atoms with van der Waals surface area (Å²) in [5.41, 5.74) is 6.18. The highest BCUT2D eigenvalue weighted by Gasteiger charge is 2.16. The average molecular weight is 408 g/mol. The molecule has 8 heteroatoms. The number of nitrogens with zero attached hydrogens (tertiary/aromatic N) is 1. The van der Waals surface area contributed by atoms with E-state index in [-0.39, 0.29) is 11.5 Å². The van der Waals surface area contributed by atoms with Gasteiger partial charge in [0.25, 0.3) is 5.56 Å². The summed E-state index contributed by atoms with van der Waals surface area (Å²) in [6.07, 6.45) is 1.45. The maximum Gasteiger partial charge on any atom is 0.341 e. The third kappa shape index (κ3) is 5.17. The zero-order valence-corrected chi connectivity index (χ0v) is 17.8. The van der Waals surface area contributed by atoms with Crippen molar-refractivity contribution in [2.45, 2.75) is 46.5 Å². The van der Waals surface area contributed by atoms with Crippen LogP contribution in [0.4, 0.5) is 5.00 Å². The number of esters is 1. The fourth-order valence-electron chi connectivity index (χ4n) is 2.25. The van der Waals surface area contributed by atoms with Crippen LogP contribution < -0.4 is 11.3 Å². The highest BCUT2D eigenvalue weighted by atomic mass is 32.1. The second kappa shape index (κ2) is 9.14. The number of carbonyl (C=O) groups is 1. The Kier molecular flexibility index (Phi) is 7.15. The van der Waals surface area contributed by atoms with E-state index >= 15 is 0 Å². The van der Waals surface area contributed by atoms with Crippen LogP contribution >= 0.6 is 22.7 Å². The van der Waals surface area contributed by atoms with Crippen LogP contribution in [0.2, 0.25) is 0 Å². The molecule has 3 aromatic rings. The summed E-state index contributed by atoms with van der Waals surface area (Å²) in [4.78, 5) is 32.6. The Morgan fingerprint density at radius 3 is 2.33 bits per heavy atom. The van der Waals surface area contributed by atoms with Gasteiger partial charge in [0.05, 0.1) is 23.9 Å². The van der Waals surface area contributed by atoms with Crippen LogP contribution in [0.25, 0.3) is 10.2 Å². The van der Waals surface area contributed by atoms with Crippen LogP contribution in [0.3, 0.4) is 0 Å². The predicted molar refractivity (Wildman–Crippen MR) is 113 cm³/mol. The number of ether oxygens (including phenoxy) is 1. The van der Waals surface area contributed by atoms with E-state index in [0.717, 1.165) is 9.71 Å². The standard InChI is InChI=1S/C10H15NO2S.C9H10N2OS/c1-4-13-10(12)7-5-8(6(2)3)14-9(7)11;1-5(2)7-3-6-8(12)10-4-11-9(6)13-7/h5-6H,4,11H2,1-3H3;3-5H,1-2H3,(H,10,11,12). The molecule has 0 amide bonds. The molecule has 0 bridgehead atoms. The summed E-state index contributed by atoms with van der Waals surface area (Å²) in [5.74, 6) is 0.525. The Morgan fingerprint density at radius 2 is 1.81 bits per heavy atom. The van der Waals surface area contributed by atoms with Crippen molar-refractivity contribution in [2.75, 3.05) is 12.3 Å². The van der Waals surface area contributed by atoms with E-state index in [1.54, 1.807) is 18.3 Å². The summed E-state index contributed by atoms with van der Waals surface area (Å²) in [6, 6.07) is 3.75. The summed E-state index contributed by atoms with van der Waals surface area (Å²) in [7, 11) is 0. The zero-order chi connectivity index (χ0) is 20.1. The normalized spacial score (nSPS) is 10.9. The quantitative estimate of drug-likeness (QED) is 0.609. The molecule has 0 atom stereocenters. The Labute approximate surface area is 166 Å². The molecule has 0 unspecified atom stereocenters. The molecular weight excluding hydrogens is 382 g/mol. The van der Waals surface area contributed by atoms with Gasteiger partial charge in [0, 0.05) is 9.75 Å². The second-order valence-corrected chi connectivity index (χ2v) is 8.73. The number of nitrogens with two attached hydrogens (primary N) is 1. The molecule has 0 radical (unpaired) electrons. The van der Waals surface area contributed by atoms with Gasteiger partial charge in [0.2, 0.25) is 0 Å². The number of aromatic nitrogens is 2. The van der Waals surface area contributed by atoms with Crippen LogP contribution in [-0.2, 0) is 4.74 Å². The number of nitrogens with one attached hydrogen (secondary N) is 1. The lowest BCUT2D eigenvalue weighted by molar-refractivity contribution is 0.0528. The molecule has 0 spiro atoms. The highest BCUT2D eigenvalue weighted by molar-refractivity contribution is 7.18. The van der Waals surface area contributed by atoms with Gasteiger partial charge in [-0.2, -0.15) is 0 Å². The van der Waals surface area contributed by atoms with E-state index in [0.29, 0.717) is 34.4 Å². The van der Waals surface area contributed by atoms with Crippen molar-refractivity contribution in [1.82, 2.24) is 9.97 Å². The molecule has 0 aliphatic rings. The molecule has 3 rings (SSSR count). The van der Waals surface area contributed by atoms with Crippen LogP contribution in [0.1, 0.15) is 66.6 Å². The average Bonchev–Trinajstić information content (AvgIpc) is 3.20. The van der Waals surface area contributed by atoms with Gasteiger partial charge >= 0.3 is 5.97 Å². The van der Waals surface area contributed by atoms with Crippen LogP contribution in [-0.4, -0.2) is 22.5 Å². The second-order valence-electron chi connectivity index (χ2n) is 6.56. The lowest BCUT2D eigenvalue weighted by Crippen LogP contribution is -2.05. The molecule has 0 aliphatic heterocycles. The number of H-pyrrole nitrogens is 1. The predicted octanol–water partition coefficient (Wildman–Crippen LogP) is 4.74. The molecule has 0 aromatic carbocycles. The molecule has 27 heavy (non-hydrogen) atoms. The van der Waals surface area contributed by atoms with Crippen LogP contribution in [0, 0.1) is 0 Å². The Morgan fingerprint density at radius 1 is 1.19 bits per heavy atom. The number of rotatable bonds is 4.